The molecule has 0 bridgehead atoms. The van der Waals surface area contributed by atoms with Crippen molar-refractivity contribution in [2.45, 2.75) is 76.4 Å². The van der Waals surface area contributed by atoms with Gasteiger partial charge in [0.2, 0.25) is 11.8 Å². The first kappa shape index (κ1) is 19.0. The Morgan fingerprint density at radius 1 is 1.41 bits per heavy atom. The number of nitrogens with zero attached hydrogens (tertiary/aromatic N) is 1. The number of hydrogen-bond acceptors (Lipinski definition) is 5. The number of nitrogens with one attached hydrogen (secondary N) is 1. The minimum absolute atomic E-state index is 0.115. The Balaban J connectivity index is 2.80. The van der Waals surface area contributed by atoms with Crippen molar-refractivity contribution in [3.8, 4) is 0 Å². The van der Waals surface area contributed by atoms with Gasteiger partial charge < -0.3 is 9.63 Å². The van der Waals surface area contributed by atoms with Gasteiger partial charge in [-0.05, 0) is 27.2 Å². The van der Waals surface area contributed by atoms with E-state index in [9.17, 15) is 9.90 Å². The van der Waals surface area contributed by atoms with E-state index in [4.69, 9.17) is 4.52 Å². The summed E-state index contributed by atoms with van der Waals surface area (Å²) >= 11 is 1.63. The Morgan fingerprint density at radius 2 is 2.00 bits per heavy atom. The maximum absolute atomic E-state index is 12.4. The van der Waals surface area contributed by atoms with Crippen LogP contribution in [0.5, 0.6) is 0 Å². The maximum atomic E-state index is 12.4. The average Bonchev–Trinajstić information content (AvgIpc) is 2.86. The molecule has 0 aliphatic rings. The number of aliphatic hydroxyl groups is 1. The highest BCUT2D eigenvalue weighted by Crippen LogP contribution is 2.32. The molecule has 0 aliphatic carbocycles. The molecule has 5 nitrogen and oxygen atoms in total. The number of thioether (sulfide) groups is 1. The molecule has 1 amide bonds. The lowest BCUT2D eigenvalue weighted by Crippen LogP contribution is -2.35. The molecule has 0 unspecified atom stereocenters. The number of amides is 1. The van der Waals surface area contributed by atoms with E-state index in [0.717, 1.165) is 6.42 Å². The summed E-state index contributed by atoms with van der Waals surface area (Å²) in [4.78, 5) is 12.4. The van der Waals surface area contributed by atoms with Gasteiger partial charge in [-0.1, -0.05) is 32.9 Å². The third-order valence-corrected chi connectivity index (χ3v) is 5.58. The predicted molar refractivity (Wildman–Crippen MR) is 91.3 cm³/mol. The third-order valence-electron chi connectivity index (χ3n) is 4.07. The van der Waals surface area contributed by atoms with Crippen LogP contribution in [0.15, 0.2) is 10.6 Å². The van der Waals surface area contributed by atoms with E-state index in [-0.39, 0.29) is 5.91 Å². The van der Waals surface area contributed by atoms with Crippen LogP contribution < -0.4 is 5.32 Å². The van der Waals surface area contributed by atoms with Crippen molar-refractivity contribution in [3.05, 3.63) is 11.8 Å². The number of aromatic nitrogens is 1. The van der Waals surface area contributed by atoms with Gasteiger partial charge >= 0.3 is 0 Å². The van der Waals surface area contributed by atoms with E-state index >= 15 is 0 Å². The summed E-state index contributed by atoms with van der Waals surface area (Å²) in [6.07, 6.45) is 0.440. The summed E-state index contributed by atoms with van der Waals surface area (Å²) in [6.45, 7) is 13.5. The van der Waals surface area contributed by atoms with Gasteiger partial charge in [0.15, 0.2) is 0 Å². The number of carbonyl (C=O) groups is 1. The molecule has 0 fully saturated rings. The standard InChI is InChI=1S/C16H28N2O3S/c1-8-10(2)22-16(6,7)14(20)17-13-9-12(18-21-13)15(4,5)11(3)19/h9-11,19H,8H2,1-7H3,(H,17,20)/t10-,11-/m0/s1. The van der Waals surface area contributed by atoms with Crippen LogP contribution >= 0.6 is 11.8 Å². The van der Waals surface area contributed by atoms with Crippen molar-refractivity contribution in [1.82, 2.24) is 5.16 Å². The zero-order chi connectivity index (χ0) is 17.1. The highest BCUT2D eigenvalue weighted by atomic mass is 32.2. The van der Waals surface area contributed by atoms with Crippen molar-refractivity contribution in [3.63, 3.8) is 0 Å². The zero-order valence-electron chi connectivity index (χ0n) is 14.6. The molecule has 0 saturated carbocycles. The predicted octanol–water partition coefficient (Wildman–Crippen LogP) is 3.58. The quantitative estimate of drug-likeness (QED) is 0.800. The van der Waals surface area contributed by atoms with Gasteiger partial charge in [0, 0.05) is 16.7 Å². The molecule has 0 aliphatic heterocycles. The number of rotatable bonds is 7. The largest absolute Gasteiger partial charge is 0.392 e. The van der Waals surface area contributed by atoms with Gasteiger partial charge in [-0.25, -0.2) is 0 Å². The van der Waals surface area contributed by atoms with Gasteiger partial charge in [0.05, 0.1) is 16.5 Å². The Hall–Kier alpha value is -1.01. The first-order valence-corrected chi connectivity index (χ1v) is 8.53. The van der Waals surface area contributed by atoms with Crippen molar-refractivity contribution in [1.29, 1.82) is 0 Å². The van der Waals surface area contributed by atoms with E-state index in [1.54, 1.807) is 24.8 Å². The van der Waals surface area contributed by atoms with Gasteiger partial charge in [0.1, 0.15) is 0 Å². The van der Waals surface area contributed by atoms with Crippen molar-refractivity contribution in [2.75, 3.05) is 5.32 Å². The van der Waals surface area contributed by atoms with E-state index < -0.39 is 16.3 Å². The molecule has 1 aromatic rings. The smallest absolute Gasteiger partial charge is 0.242 e. The van der Waals surface area contributed by atoms with Crippen LogP contribution in [0.2, 0.25) is 0 Å². The van der Waals surface area contributed by atoms with Crippen LogP contribution in [0.1, 0.15) is 60.6 Å². The second-order valence-corrected chi connectivity index (χ2v) is 8.84. The Morgan fingerprint density at radius 3 is 2.50 bits per heavy atom. The summed E-state index contributed by atoms with van der Waals surface area (Å²) in [5, 5.41) is 16.9. The molecule has 2 N–H and O–H groups in total. The van der Waals surface area contributed by atoms with Crippen LogP contribution in [0.25, 0.3) is 0 Å². The lowest BCUT2D eigenvalue weighted by Gasteiger charge is -2.25. The molecular formula is C16H28N2O3S. The van der Waals surface area contributed by atoms with Gasteiger partial charge in [-0.3, -0.25) is 10.1 Å². The van der Waals surface area contributed by atoms with E-state index in [1.807, 2.05) is 27.7 Å². The normalized spacial score (nSPS) is 15.5. The molecule has 6 heteroatoms. The van der Waals surface area contributed by atoms with Gasteiger partial charge in [-0.2, -0.15) is 0 Å². The molecule has 0 spiro atoms. The molecular weight excluding hydrogens is 300 g/mol. The Bertz CT molecular complexity index is 509. The topological polar surface area (TPSA) is 75.4 Å². The molecule has 1 rings (SSSR count). The van der Waals surface area contributed by atoms with E-state index in [2.05, 4.69) is 24.3 Å². The van der Waals surface area contributed by atoms with Crippen LogP contribution in [-0.4, -0.2) is 32.3 Å². The second-order valence-electron chi connectivity index (χ2n) is 6.78. The molecule has 126 valence electrons. The fourth-order valence-electron chi connectivity index (χ4n) is 1.75. The Labute approximate surface area is 137 Å². The van der Waals surface area contributed by atoms with Crippen molar-refractivity contribution < 1.29 is 14.4 Å². The zero-order valence-corrected chi connectivity index (χ0v) is 15.4. The SMILES string of the molecule is CC[C@H](C)SC(C)(C)C(=O)Nc1cc(C(C)(C)[C@H](C)O)no1. The first-order valence-electron chi connectivity index (χ1n) is 7.65. The summed E-state index contributed by atoms with van der Waals surface area (Å²) in [7, 11) is 0. The lowest BCUT2D eigenvalue weighted by molar-refractivity contribution is -0.117. The molecule has 1 aromatic heterocycles. The number of hydrogen-bond donors (Lipinski definition) is 2. The van der Waals surface area contributed by atoms with Crippen LogP contribution in [-0.2, 0) is 10.2 Å². The van der Waals surface area contributed by atoms with Crippen LogP contribution in [0.3, 0.4) is 0 Å². The maximum Gasteiger partial charge on any atom is 0.242 e. The van der Waals surface area contributed by atoms with Crippen LogP contribution in [0.4, 0.5) is 5.88 Å². The second kappa shape index (κ2) is 7.04. The van der Waals surface area contributed by atoms with E-state index in [0.29, 0.717) is 16.8 Å². The monoisotopic (exact) mass is 328 g/mol. The highest BCUT2D eigenvalue weighted by molar-refractivity contribution is 8.01. The lowest BCUT2D eigenvalue weighted by atomic mass is 9.84. The highest BCUT2D eigenvalue weighted by Gasteiger charge is 2.33. The molecule has 1 heterocycles. The molecule has 2 atom stereocenters. The minimum atomic E-state index is -0.571. The fraction of sp³-hybridized carbons (Fsp3) is 0.750. The van der Waals surface area contributed by atoms with Gasteiger partial charge in [0.25, 0.3) is 0 Å². The molecule has 0 aromatic carbocycles. The average molecular weight is 328 g/mol. The molecule has 22 heavy (non-hydrogen) atoms. The first-order chi connectivity index (χ1) is 10.0. The third kappa shape index (κ3) is 4.49. The summed E-state index contributed by atoms with van der Waals surface area (Å²) in [5.41, 5.74) is 0.0817. The van der Waals surface area contributed by atoms with Crippen molar-refractivity contribution >= 4 is 23.6 Å². The number of anilines is 1. The molecule has 0 radical (unpaired) electrons. The number of carbonyl (C=O) groups excluding carboxylic acids is 1. The number of aliphatic hydroxyl groups excluding tert-OH is 1. The van der Waals surface area contributed by atoms with Crippen LogP contribution in [0, 0.1) is 0 Å². The van der Waals surface area contributed by atoms with Crippen molar-refractivity contribution in [2.24, 2.45) is 0 Å². The summed E-state index contributed by atoms with van der Waals surface area (Å²) in [5.74, 6) is 0.196. The van der Waals surface area contributed by atoms with Gasteiger partial charge in [-0.15, -0.1) is 11.8 Å². The fourth-order valence-corrected chi connectivity index (χ4v) is 3.08. The summed E-state index contributed by atoms with van der Waals surface area (Å²) < 4.78 is 4.64. The Kier molecular flexibility index (Phi) is 6.10. The molecule has 0 saturated heterocycles. The summed E-state index contributed by atoms with van der Waals surface area (Å²) in [6, 6.07) is 1.68. The van der Waals surface area contributed by atoms with E-state index in [1.165, 1.54) is 0 Å². The minimum Gasteiger partial charge on any atom is -0.392 e.